The molecule has 0 bridgehead atoms. The van der Waals surface area contributed by atoms with Gasteiger partial charge in [0.1, 0.15) is 4.88 Å². The molecule has 1 amide bonds. The lowest BCUT2D eigenvalue weighted by molar-refractivity contribution is 0.0966. The average Bonchev–Trinajstić information content (AvgIpc) is 2.75. The van der Waals surface area contributed by atoms with Crippen LogP contribution in [0.2, 0.25) is 4.47 Å². The number of hydrogen-bond acceptors (Lipinski definition) is 5. The van der Waals surface area contributed by atoms with E-state index in [1.807, 2.05) is 0 Å². The largest absolute Gasteiger partial charge is 0.297 e. The molecule has 0 fully saturated rings. The van der Waals surface area contributed by atoms with E-state index in [0.717, 1.165) is 11.3 Å². The molecule has 2 N–H and O–H groups in total. The predicted octanol–water partition coefficient (Wildman–Crippen LogP) is 2.09. The molecule has 2 aromatic heterocycles. The average molecular weight is 273 g/mol. The molecule has 0 saturated heterocycles. The highest BCUT2D eigenvalue weighted by atomic mass is 35.5. The Morgan fingerprint density at radius 1 is 1.35 bits per heavy atom. The second kappa shape index (κ2) is 5.07. The van der Waals surface area contributed by atoms with Crippen molar-refractivity contribution in [2.75, 3.05) is 5.43 Å². The Balaban J connectivity index is 1.94. The van der Waals surface area contributed by atoms with Gasteiger partial charge in [-0.1, -0.05) is 22.9 Å². The molecular formula is C9H6ClFN4OS. The lowest BCUT2D eigenvalue weighted by atomic mass is 10.4. The lowest BCUT2D eigenvalue weighted by Gasteiger charge is -2.05. The summed E-state index contributed by atoms with van der Waals surface area (Å²) in [5, 5.41) is 0. The minimum absolute atomic E-state index is 0.290. The topological polar surface area (TPSA) is 66.9 Å². The normalized spacial score (nSPS) is 10.0. The number of thiazole rings is 1. The van der Waals surface area contributed by atoms with Crippen LogP contribution in [0.25, 0.3) is 0 Å². The molecule has 0 atom stereocenters. The van der Waals surface area contributed by atoms with Gasteiger partial charge in [0.05, 0.1) is 18.1 Å². The van der Waals surface area contributed by atoms with E-state index in [4.69, 9.17) is 11.6 Å². The molecule has 2 rings (SSSR count). The Bertz CT molecular complexity index is 530. The Morgan fingerprint density at radius 2 is 2.18 bits per heavy atom. The molecule has 5 nitrogen and oxygen atoms in total. The van der Waals surface area contributed by atoms with Crippen LogP contribution in [-0.2, 0) is 0 Å². The zero-order valence-electron chi connectivity index (χ0n) is 8.28. The number of anilines is 1. The smallest absolute Gasteiger partial charge is 0.281 e. The number of rotatable bonds is 3. The van der Waals surface area contributed by atoms with Gasteiger partial charge in [0.2, 0.25) is 5.95 Å². The van der Waals surface area contributed by atoms with Gasteiger partial charge in [-0.3, -0.25) is 15.6 Å². The molecule has 0 aliphatic rings. The van der Waals surface area contributed by atoms with Crippen LogP contribution in [0, 0.1) is 5.95 Å². The number of nitrogens with one attached hydrogen (secondary N) is 2. The third-order valence-corrected chi connectivity index (χ3v) is 2.86. The molecule has 17 heavy (non-hydrogen) atoms. The van der Waals surface area contributed by atoms with Crippen LogP contribution >= 0.6 is 22.9 Å². The molecule has 88 valence electrons. The summed E-state index contributed by atoms with van der Waals surface area (Å²) in [6.07, 6.45) is 2.63. The van der Waals surface area contributed by atoms with E-state index >= 15 is 0 Å². The van der Waals surface area contributed by atoms with Crippen molar-refractivity contribution in [2.45, 2.75) is 0 Å². The standard InChI is InChI=1S/C9H6ClFN4OS/c10-9-13-4-6(17-9)8(16)15-14-5-1-2-7(11)12-3-5/h1-4,14H,(H,15,16). The molecule has 0 unspecified atom stereocenters. The molecule has 2 aromatic rings. The summed E-state index contributed by atoms with van der Waals surface area (Å²) in [6.45, 7) is 0. The van der Waals surface area contributed by atoms with Crippen molar-refractivity contribution >= 4 is 34.5 Å². The summed E-state index contributed by atoms with van der Waals surface area (Å²) in [5.41, 5.74) is 5.46. The molecule has 2 heterocycles. The quantitative estimate of drug-likeness (QED) is 0.663. The Hall–Kier alpha value is -1.73. The second-order valence-electron chi connectivity index (χ2n) is 2.93. The highest BCUT2D eigenvalue weighted by Gasteiger charge is 2.08. The molecule has 0 spiro atoms. The van der Waals surface area contributed by atoms with Gasteiger partial charge in [0, 0.05) is 0 Å². The number of amides is 1. The van der Waals surface area contributed by atoms with Gasteiger partial charge < -0.3 is 0 Å². The van der Waals surface area contributed by atoms with Crippen molar-refractivity contribution in [1.82, 2.24) is 15.4 Å². The van der Waals surface area contributed by atoms with Gasteiger partial charge in [0.25, 0.3) is 5.91 Å². The second-order valence-corrected chi connectivity index (χ2v) is 4.54. The fraction of sp³-hybridized carbons (Fsp3) is 0. The van der Waals surface area contributed by atoms with Crippen LogP contribution in [0.5, 0.6) is 0 Å². The number of carbonyl (C=O) groups excluding carboxylic acids is 1. The van der Waals surface area contributed by atoms with Crippen LogP contribution in [-0.4, -0.2) is 15.9 Å². The maximum absolute atomic E-state index is 12.5. The van der Waals surface area contributed by atoms with Crippen LogP contribution in [0.4, 0.5) is 10.1 Å². The zero-order chi connectivity index (χ0) is 12.3. The van der Waals surface area contributed by atoms with E-state index in [1.54, 1.807) is 0 Å². The Morgan fingerprint density at radius 3 is 2.76 bits per heavy atom. The predicted molar refractivity (Wildman–Crippen MR) is 62.4 cm³/mol. The van der Waals surface area contributed by atoms with Crippen molar-refractivity contribution in [2.24, 2.45) is 0 Å². The lowest BCUT2D eigenvalue weighted by Crippen LogP contribution is -2.28. The zero-order valence-corrected chi connectivity index (χ0v) is 9.85. The maximum Gasteiger partial charge on any atom is 0.281 e. The highest BCUT2D eigenvalue weighted by Crippen LogP contribution is 2.17. The minimum Gasteiger partial charge on any atom is -0.297 e. The number of hydrazine groups is 1. The van der Waals surface area contributed by atoms with E-state index in [0.29, 0.717) is 15.0 Å². The van der Waals surface area contributed by atoms with E-state index < -0.39 is 5.95 Å². The van der Waals surface area contributed by atoms with Gasteiger partial charge in [0.15, 0.2) is 4.47 Å². The minimum atomic E-state index is -0.587. The summed E-state index contributed by atoms with van der Waals surface area (Å²) in [7, 11) is 0. The third-order valence-electron chi connectivity index (χ3n) is 1.75. The van der Waals surface area contributed by atoms with Gasteiger partial charge in [-0.05, 0) is 12.1 Å². The van der Waals surface area contributed by atoms with Crippen molar-refractivity contribution in [3.63, 3.8) is 0 Å². The van der Waals surface area contributed by atoms with Gasteiger partial charge in [-0.15, -0.1) is 0 Å². The van der Waals surface area contributed by atoms with Crippen LogP contribution in [0.1, 0.15) is 9.67 Å². The molecule has 0 aliphatic heterocycles. The first-order valence-corrected chi connectivity index (χ1v) is 5.64. The number of aromatic nitrogens is 2. The molecule has 8 heteroatoms. The summed E-state index contributed by atoms with van der Waals surface area (Å²) in [4.78, 5) is 19.1. The third kappa shape index (κ3) is 3.11. The molecule has 0 aromatic carbocycles. The molecule has 0 radical (unpaired) electrons. The summed E-state index contributed by atoms with van der Waals surface area (Å²) in [5.74, 6) is -0.963. The number of pyridine rings is 1. The van der Waals surface area contributed by atoms with Crippen molar-refractivity contribution in [3.05, 3.63) is 39.8 Å². The highest BCUT2D eigenvalue weighted by molar-refractivity contribution is 7.17. The summed E-state index contributed by atoms with van der Waals surface area (Å²) >= 11 is 6.65. The summed E-state index contributed by atoms with van der Waals surface area (Å²) in [6, 6.07) is 2.63. The number of halogens is 2. The summed E-state index contributed by atoms with van der Waals surface area (Å²) < 4.78 is 12.8. The molecular weight excluding hydrogens is 267 g/mol. The van der Waals surface area contributed by atoms with Gasteiger partial charge in [-0.25, -0.2) is 9.97 Å². The van der Waals surface area contributed by atoms with Crippen molar-refractivity contribution in [3.8, 4) is 0 Å². The maximum atomic E-state index is 12.5. The number of nitrogens with zero attached hydrogens (tertiary/aromatic N) is 2. The Kier molecular flexibility index (Phi) is 3.50. The number of carbonyl (C=O) groups is 1. The van der Waals surface area contributed by atoms with Gasteiger partial charge in [-0.2, -0.15) is 4.39 Å². The SMILES string of the molecule is O=C(NNc1ccc(F)nc1)c1cnc(Cl)s1. The van der Waals surface area contributed by atoms with E-state index in [-0.39, 0.29) is 5.91 Å². The number of hydrogen-bond donors (Lipinski definition) is 2. The molecule has 0 saturated carbocycles. The Labute approximate surface area is 105 Å². The van der Waals surface area contributed by atoms with Crippen molar-refractivity contribution in [1.29, 1.82) is 0 Å². The van der Waals surface area contributed by atoms with Gasteiger partial charge >= 0.3 is 0 Å². The monoisotopic (exact) mass is 272 g/mol. The fourth-order valence-electron chi connectivity index (χ4n) is 0.998. The van der Waals surface area contributed by atoms with E-state index in [1.165, 1.54) is 24.5 Å². The van der Waals surface area contributed by atoms with Crippen LogP contribution in [0.3, 0.4) is 0 Å². The van der Waals surface area contributed by atoms with Crippen LogP contribution in [0.15, 0.2) is 24.5 Å². The fourth-order valence-corrected chi connectivity index (χ4v) is 1.83. The van der Waals surface area contributed by atoms with Crippen LogP contribution < -0.4 is 10.9 Å². The van der Waals surface area contributed by atoms with E-state index in [2.05, 4.69) is 20.8 Å². The first kappa shape index (κ1) is 11.7. The van der Waals surface area contributed by atoms with Crippen molar-refractivity contribution < 1.29 is 9.18 Å². The molecule has 0 aliphatic carbocycles. The van der Waals surface area contributed by atoms with E-state index in [9.17, 15) is 9.18 Å². The first-order valence-electron chi connectivity index (χ1n) is 4.44. The first-order chi connectivity index (χ1) is 8.15.